The number of hydrogen-bond donors (Lipinski definition) is 0. The molecule has 1 aliphatic rings. The molecule has 0 radical (unpaired) electrons. The van der Waals surface area contributed by atoms with Gasteiger partial charge >= 0.3 is 0 Å². The minimum absolute atomic E-state index is 0.315. The highest BCUT2D eigenvalue weighted by Gasteiger charge is 2.20. The van der Waals surface area contributed by atoms with Crippen molar-refractivity contribution in [3.8, 4) is 11.4 Å². The van der Waals surface area contributed by atoms with Gasteiger partial charge in [0.15, 0.2) is 5.82 Å². The van der Waals surface area contributed by atoms with Crippen molar-refractivity contribution in [2.75, 3.05) is 0 Å². The number of rotatable bonds is 1. The number of fused-ring (bicyclic) bond motifs is 1. The second kappa shape index (κ2) is 4.71. The van der Waals surface area contributed by atoms with E-state index >= 15 is 0 Å². The van der Waals surface area contributed by atoms with E-state index in [1.54, 1.807) is 0 Å². The van der Waals surface area contributed by atoms with Crippen LogP contribution in [0.3, 0.4) is 0 Å². The van der Waals surface area contributed by atoms with Gasteiger partial charge in [0, 0.05) is 10.6 Å². The van der Waals surface area contributed by atoms with Crippen LogP contribution in [0.25, 0.3) is 11.4 Å². The summed E-state index contributed by atoms with van der Waals surface area (Å²) in [7, 11) is 0. The molecule has 2 heterocycles. The lowest BCUT2D eigenvalue weighted by atomic mass is 10.2. The van der Waals surface area contributed by atoms with E-state index in [0.717, 1.165) is 15.0 Å². The topological polar surface area (TPSA) is 35.0 Å². The number of halogens is 3. The molecule has 2 aromatic rings. The summed E-state index contributed by atoms with van der Waals surface area (Å²) in [4.78, 5) is 8.66. The second-order valence-corrected chi connectivity index (χ2v) is 5.34. The summed E-state index contributed by atoms with van der Waals surface area (Å²) in [5, 5.41) is 0.460. The van der Waals surface area contributed by atoms with E-state index in [1.165, 1.54) is 18.2 Å². The average Bonchev–Trinajstić information content (AvgIpc) is 2.81. The molecule has 92 valence electrons. The number of nitrogens with zero attached hydrogens (tertiary/aromatic N) is 2. The van der Waals surface area contributed by atoms with E-state index in [1.807, 2.05) is 0 Å². The van der Waals surface area contributed by atoms with E-state index in [4.69, 9.17) is 16.3 Å². The lowest BCUT2D eigenvalue weighted by molar-refractivity contribution is 0.133. The first kappa shape index (κ1) is 12.3. The van der Waals surface area contributed by atoms with Crippen LogP contribution in [0.4, 0.5) is 4.39 Å². The molecule has 0 spiro atoms. The van der Waals surface area contributed by atoms with Crippen molar-refractivity contribution in [3.05, 3.63) is 44.0 Å². The van der Waals surface area contributed by atoms with Crippen molar-refractivity contribution in [1.29, 1.82) is 0 Å². The van der Waals surface area contributed by atoms with Crippen molar-refractivity contribution in [2.24, 2.45) is 0 Å². The van der Waals surface area contributed by atoms with Gasteiger partial charge < -0.3 is 4.74 Å². The Bertz CT molecular complexity index is 636. The molecule has 6 heteroatoms. The van der Waals surface area contributed by atoms with Gasteiger partial charge in [-0.15, -0.1) is 0 Å². The fourth-order valence-electron chi connectivity index (χ4n) is 1.80. The zero-order valence-corrected chi connectivity index (χ0v) is 12.0. The van der Waals surface area contributed by atoms with E-state index in [2.05, 4.69) is 32.6 Å². The van der Waals surface area contributed by atoms with Crippen LogP contribution in [0.2, 0.25) is 5.02 Å². The third-order valence-corrected chi connectivity index (χ3v) is 3.82. The Morgan fingerprint density at radius 2 is 2.11 bits per heavy atom. The lowest BCUT2D eigenvalue weighted by Crippen LogP contribution is -2.01. The standard InChI is InChI=1S/C12H7ClFIN2O/c13-6-1-2-9(14)7(3-6)12-16-10-5-18-4-8(10)11(15)17-12/h1-3H,4-5H2. The molecule has 0 fully saturated rings. The fourth-order valence-corrected chi connectivity index (χ4v) is 2.67. The quantitative estimate of drug-likeness (QED) is 0.564. The first-order valence-corrected chi connectivity index (χ1v) is 6.69. The minimum atomic E-state index is -0.380. The van der Waals surface area contributed by atoms with Gasteiger partial charge in [-0.1, -0.05) is 11.6 Å². The molecule has 1 aromatic carbocycles. The maximum absolute atomic E-state index is 13.8. The Hall–Kier alpha value is -0.790. The third kappa shape index (κ3) is 2.10. The first-order valence-electron chi connectivity index (χ1n) is 5.23. The number of hydrogen-bond acceptors (Lipinski definition) is 3. The van der Waals surface area contributed by atoms with Crippen LogP contribution in [0.5, 0.6) is 0 Å². The summed E-state index contributed by atoms with van der Waals surface area (Å²) in [6.45, 7) is 0.967. The predicted molar refractivity (Wildman–Crippen MR) is 73.6 cm³/mol. The Labute approximate surface area is 121 Å². The minimum Gasteiger partial charge on any atom is -0.370 e. The van der Waals surface area contributed by atoms with Gasteiger partial charge in [0.25, 0.3) is 0 Å². The van der Waals surface area contributed by atoms with Gasteiger partial charge in [-0.05, 0) is 40.8 Å². The summed E-state index contributed by atoms with van der Waals surface area (Å²) in [6.07, 6.45) is 0. The number of aromatic nitrogens is 2. The van der Waals surface area contributed by atoms with Crippen LogP contribution in [-0.2, 0) is 18.0 Å². The van der Waals surface area contributed by atoms with Crippen molar-refractivity contribution < 1.29 is 9.13 Å². The highest BCUT2D eigenvalue weighted by Crippen LogP contribution is 2.28. The van der Waals surface area contributed by atoms with Gasteiger partial charge in [0.2, 0.25) is 0 Å². The molecule has 0 atom stereocenters. The summed E-state index contributed by atoms with van der Waals surface area (Å²) in [5.74, 6) is -0.0299. The van der Waals surface area contributed by atoms with E-state index in [9.17, 15) is 4.39 Å². The molecule has 0 N–H and O–H groups in total. The Morgan fingerprint density at radius 1 is 1.28 bits per heavy atom. The van der Waals surface area contributed by atoms with Crippen LogP contribution < -0.4 is 0 Å². The first-order chi connectivity index (χ1) is 8.65. The summed E-state index contributed by atoms with van der Waals surface area (Å²) in [5.41, 5.74) is 2.13. The summed E-state index contributed by atoms with van der Waals surface area (Å²) in [6, 6.07) is 4.35. The molecule has 3 rings (SSSR count). The maximum Gasteiger partial charge on any atom is 0.163 e. The van der Waals surface area contributed by atoms with E-state index in [0.29, 0.717) is 29.6 Å². The van der Waals surface area contributed by atoms with E-state index in [-0.39, 0.29) is 5.82 Å². The largest absolute Gasteiger partial charge is 0.370 e. The Balaban J connectivity index is 2.18. The number of benzene rings is 1. The zero-order chi connectivity index (χ0) is 12.7. The second-order valence-electron chi connectivity index (χ2n) is 3.88. The smallest absolute Gasteiger partial charge is 0.163 e. The molecule has 0 saturated heterocycles. The fraction of sp³-hybridized carbons (Fsp3) is 0.167. The molecule has 1 aliphatic heterocycles. The molecule has 3 nitrogen and oxygen atoms in total. The van der Waals surface area contributed by atoms with Gasteiger partial charge in [-0.2, -0.15) is 0 Å². The molecule has 18 heavy (non-hydrogen) atoms. The SMILES string of the molecule is Fc1ccc(Cl)cc1-c1nc(I)c2c(n1)COC2. The molecular weight excluding hydrogens is 370 g/mol. The average molecular weight is 377 g/mol. The van der Waals surface area contributed by atoms with Crippen LogP contribution >= 0.6 is 34.2 Å². The van der Waals surface area contributed by atoms with Crippen molar-refractivity contribution >= 4 is 34.2 Å². The zero-order valence-electron chi connectivity index (χ0n) is 9.08. The van der Waals surface area contributed by atoms with Crippen LogP contribution in [-0.4, -0.2) is 9.97 Å². The Kier molecular flexibility index (Phi) is 3.21. The molecule has 0 unspecified atom stereocenters. The van der Waals surface area contributed by atoms with Crippen LogP contribution in [0, 0.1) is 9.52 Å². The number of ether oxygens (including phenoxy) is 1. The monoisotopic (exact) mass is 376 g/mol. The summed E-state index contributed by atoms with van der Waals surface area (Å²) >= 11 is 7.99. The van der Waals surface area contributed by atoms with Crippen molar-refractivity contribution in [1.82, 2.24) is 9.97 Å². The normalized spacial score (nSPS) is 13.7. The van der Waals surface area contributed by atoms with Gasteiger partial charge in [0.1, 0.15) is 9.52 Å². The highest BCUT2D eigenvalue weighted by molar-refractivity contribution is 14.1. The van der Waals surface area contributed by atoms with Crippen molar-refractivity contribution in [3.63, 3.8) is 0 Å². The van der Waals surface area contributed by atoms with E-state index < -0.39 is 0 Å². The van der Waals surface area contributed by atoms with Crippen molar-refractivity contribution in [2.45, 2.75) is 13.2 Å². The maximum atomic E-state index is 13.8. The molecule has 0 saturated carbocycles. The molecule has 0 bridgehead atoms. The van der Waals surface area contributed by atoms with Crippen LogP contribution in [0.1, 0.15) is 11.3 Å². The van der Waals surface area contributed by atoms with Crippen LogP contribution in [0.15, 0.2) is 18.2 Å². The third-order valence-electron chi connectivity index (χ3n) is 2.70. The Morgan fingerprint density at radius 3 is 2.94 bits per heavy atom. The molecule has 0 amide bonds. The molecular formula is C12H7ClFIN2O. The predicted octanol–water partition coefficient (Wildman–Crippen LogP) is 3.57. The highest BCUT2D eigenvalue weighted by atomic mass is 127. The lowest BCUT2D eigenvalue weighted by Gasteiger charge is -2.06. The van der Waals surface area contributed by atoms with Gasteiger partial charge in [-0.3, -0.25) is 0 Å². The molecule has 0 aliphatic carbocycles. The van der Waals surface area contributed by atoms with Gasteiger partial charge in [-0.25, -0.2) is 14.4 Å². The van der Waals surface area contributed by atoms with Gasteiger partial charge in [0.05, 0.1) is 24.5 Å². The summed E-state index contributed by atoms with van der Waals surface area (Å²) < 4.78 is 19.9. The molecule has 1 aromatic heterocycles.